The molecule has 0 unspecified atom stereocenters. The van der Waals surface area contributed by atoms with Gasteiger partial charge in [0.25, 0.3) is 5.91 Å². The fourth-order valence-electron chi connectivity index (χ4n) is 4.79. The topological polar surface area (TPSA) is 113 Å². The summed E-state index contributed by atoms with van der Waals surface area (Å²) in [7, 11) is -4.06. The number of nitrogens with zero attached hydrogens (tertiary/aromatic N) is 3. The van der Waals surface area contributed by atoms with E-state index in [2.05, 4.69) is 52.5 Å². The molecule has 0 aliphatic rings. The van der Waals surface area contributed by atoms with Crippen LogP contribution in [0.4, 0.5) is 5.69 Å². The Labute approximate surface area is 246 Å². The number of hydrogen-bond donors (Lipinski definition) is 2. The van der Waals surface area contributed by atoms with Crippen LogP contribution in [0.25, 0.3) is 5.69 Å². The number of sulfonamides is 1. The van der Waals surface area contributed by atoms with Crippen molar-refractivity contribution >= 4 is 33.7 Å². The third-order valence-electron chi connectivity index (χ3n) is 6.79. The molecule has 10 heteroatoms. The van der Waals surface area contributed by atoms with E-state index in [4.69, 9.17) is 0 Å². The molecule has 0 radical (unpaired) electrons. The van der Waals surface area contributed by atoms with Gasteiger partial charge in [-0.05, 0) is 75.2 Å². The monoisotopic (exact) mass is 585 g/mol. The lowest BCUT2D eigenvalue weighted by Crippen LogP contribution is -2.39. The lowest BCUT2D eigenvalue weighted by Gasteiger charge is -2.21. The molecule has 42 heavy (non-hydrogen) atoms. The van der Waals surface area contributed by atoms with E-state index >= 15 is 0 Å². The highest BCUT2D eigenvalue weighted by Gasteiger charge is 2.27. The van der Waals surface area contributed by atoms with Gasteiger partial charge in [-0.2, -0.15) is 9.41 Å². The molecule has 9 nitrogen and oxygen atoms in total. The van der Waals surface area contributed by atoms with Crippen LogP contribution in [0.15, 0.2) is 88.9 Å². The minimum absolute atomic E-state index is 0.00248. The molecular weight excluding hydrogens is 550 g/mol. The second-order valence-corrected chi connectivity index (χ2v) is 12.1. The van der Waals surface area contributed by atoms with E-state index < -0.39 is 22.5 Å². The smallest absolute Gasteiger partial charge is 0.255 e. The highest BCUT2D eigenvalue weighted by Crippen LogP contribution is 2.24. The van der Waals surface area contributed by atoms with Crippen molar-refractivity contribution in [2.75, 3.05) is 11.9 Å². The summed E-state index contributed by atoms with van der Waals surface area (Å²) in [5, 5.41) is 6.76. The molecule has 0 spiro atoms. The van der Waals surface area contributed by atoms with Crippen molar-refractivity contribution in [3.8, 4) is 5.69 Å². The normalized spacial score (nSPS) is 11.7. The minimum atomic E-state index is -4.06. The number of carbonyl (C=O) groups is 2. The van der Waals surface area contributed by atoms with Gasteiger partial charge >= 0.3 is 0 Å². The number of hydrazone groups is 1. The van der Waals surface area contributed by atoms with Gasteiger partial charge in [0.2, 0.25) is 15.9 Å². The SMILES string of the molecule is CC(=O)Nc1ccc(S(=O)(=O)N(CC(=O)N/N=C/c2cc(C)n(-c3ccc(C)cc3C)c2C)Cc2ccccc2)cc1. The Bertz CT molecular complexity index is 1730. The highest BCUT2D eigenvalue weighted by atomic mass is 32.2. The molecule has 3 aromatic carbocycles. The summed E-state index contributed by atoms with van der Waals surface area (Å²) >= 11 is 0. The van der Waals surface area contributed by atoms with Gasteiger partial charge in [0.15, 0.2) is 0 Å². The third kappa shape index (κ3) is 7.20. The standard InChI is InChI=1S/C32H35N5O4S/c1-22-11-16-31(23(2)17-22)37-24(3)18-28(25(37)4)19-33-35-32(39)21-36(20-27-9-7-6-8-10-27)42(40,41)30-14-12-29(13-15-30)34-26(5)38/h6-19H,20-21H2,1-5H3,(H,34,38)(H,35,39)/b33-19+. The van der Waals surface area contributed by atoms with Gasteiger partial charge in [-0.15, -0.1) is 0 Å². The predicted octanol–water partition coefficient (Wildman–Crippen LogP) is 5.01. The molecule has 4 aromatic rings. The van der Waals surface area contributed by atoms with Crippen LogP contribution < -0.4 is 10.7 Å². The van der Waals surface area contributed by atoms with Crippen LogP contribution in [0.3, 0.4) is 0 Å². The fourth-order valence-corrected chi connectivity index (χ4v) is 6.17. The number of aryl methyl sites for hydroxylation is 3. The second kappa shape index (κ2) is 13.0. The summed E-state index contributed by atoms with van der Waals surface area (Å²) in [5.74, 6) is -0.843. The van der Waals surface area contributed by atoms with Crippen molar-refractivity contribution in [3.63, 3.8) is 0 Å². The van der Waals surface area contributed by atoms with Crippen molar-refractivity contribution in [1.29, 1.82) is 0 Å². The van der Waals surface area contributed by atoms with Crippen molar-refractivity contribution in [3.05, 3.63) is 113 Å². The number of hydrogen-bond acceptors (Lipinski definition) is 5. The molecule has 0 fully saturated rings. The van der Waals surface area contributed by atoms with Crippen LogP contribution in [-0.4, -0.2) is 41.9 Å². The number of amides is 2. The van der Waals surface area contributed by atoms with Crippen LogP contribution in [0.2, 0.25) is 0 Å². The fraction of sp³-hybridized carbons (Fsp3) is 0.219. The summed E-state index contributed by atoms with van der Waals surface area (Å²) in [5.41, 5.74) is 9.92. The molecule has 1 aromatic heterocycles. The van der Waals surface area contributed by atoms with Gasteiger partial charge in [0.1, 0.15) is 0 Å². The molecule has 0 saturated heterocycles. The van der Waals surface area contributed by atoms with Crippen molar-refractivity contribution < 1.29 is 18.0 Å². The van der Waals surface area contributed by atoms with E-state index in [-0.39, 0.29) is 17.3 Å². The van der Waals surface area contributed by atoms with Gasteiger partial charge in [0.05, 0.1) is 17.7 Å². The van der Waals surface area contributed by atoms with Crippen molar-refractivity contribution in [1.82, 2.24) is 14.3 Å². The maximum absolute atomic E-state index is 13.6. The zero-order chi connectivity index (χ0) is 30.4. The zero-order valence-electron chi connectivity index (χ0n) is 24.4. The summed E-state index contributed by atoms with van der Waals surface area (Å²) in [6.45, 7) is 9.05. The number of benzene rings is 3. The average Bonchev–Trinajstić information content (AvgIpc) is 3.21. The van der Waals surface area contributed by atoms with Crippen LogP contribution in [0, 0.1) is 27.7 Å². The van der Waals surface area contributed by atoms with E-state index in [1.165, 1.54) is 36.8 Å². The summed E-state index contributed by atoms with van der Waals surface area (Å²) < 4.78 is 30.4. The number of rotatable bonds is 10. The Morgan fingerprint density at radius 1 is 0.929 bits per heavy atom. The number of carbonyl (C=O) groups excluding carboxylic acids is 2. The summed E-state index contributed by atoms with van der Waals surface area (Å²) in [6.07, 6.45) is 1.57. The maximum atomic E-state index is 13.6. The lowest BCUT2D eigenvalue weighted by atomic mass is 10.1. The second-order valence-electron chi connectivity index (χ2n) is 10.2. The third-order valence-corrected chi connectivity index (χ3v) is 8.60. The summed E-state index contributed by atoms with van der Waals surface area (Å²) in [4.78, 5) is 24.3. The number of nitrogens with one attached hydrogen (secondary N) is 2. The molecule has 218 valence electrons. The van der Waals surface area contributed by atoms with Gasteiger partial charge in [-0.25, -0.2) is 13.8 Å². The number of anilines is 1. The van der Waals surface area contributed by atoms with Crippen molar-refractivity contribution in [2.45, 2.75) is 46.1 Å². The first-order valence-electron chi connectivity index (χ1n) is 13.5. The molecule has 0 atom stereocenters. The molecule has 2 amide bonds. The van der Waals surface area contributed by atoms with Crippen LogP contribution in [-0.2, 0) is 26.2 Å². The average molecular weight is 586 g/mol. The lowest BCUT2D eigenvalue weighted by molar-refractivity contribution is -0.121. The Hall–Kier alpha value is -4.54. The molecule has 4 rings (SSSR count). The van der Waals surface area contributed by atoms with Crippen LogP contribution in [0.1, 0.15) is 40.6 Å². The maximum Gasteiger partial charge on any atom is 0.255 e. The van der Waals surface area contributed by atoms with E-state index in [0.717, 1.165) is 38.1 Å². The first-order chi connectivity index (χ1) is 20.0. The Morgan fingerprint density at radius 2 is 1.62 bits per heavy atom. The molecule has 0 bridgehead atoms. The van der Waals surface area contributed by atoms with Gasteiger partial charge in [-0.1, -0.05) is 48.0 Å². The molecular formula is C32H35N5O4S. The van der Waals surface area contributed by atoms with E-state index in [1.54, 1.807) is 30.5 Å². The Morgan fingerprint density at radius 3 is 2.26 bits per heavy atom. The predicted molar refractivity (Wildman–Crippen MR) is 165 cm³/mol. The summed E-state index contributed by atoms with van der Waals surface area (Å²) in [6, 6.07) is 23.1. The molecule has 0 aliphatic carbocycles. The van der Waals surface area contributed by atoms with Crippen LogP contribution in [0.5, 0.6) is 0 Å². The molecule has 2 N–H and O–H groups in total. The quantitative estimate of drug-likeness (QED) is 0.201. The molecule has 0 saturated carbocycles. The van der Waals surface area contributed by atoms with E-state index in [1.807, 2.05) is 26.0 Å². The van der Waals surface area contributed by atoms with Gasteiger partial charge in [-0.3, -0.25) is 9.59 Å². The Balaban J connectivity index is 1.52. The largest absolute Gasteiger partial charge is 0.326 e. The van der Waals surface area contributed by atoms with Crippen LogP contribution >= 0.6 is 0 Å². The zero-order valence-corrected chi connectivity index (χ0v) is 25.2. The Kier molecular flexibility index (Phi) is 9.39. The highest BCUT2D eigenvalue weighted by molar-refractivity contribution is 7.89. The molecule has 0 aliphatic heterocycles. The molecule has 1 heterocycles. The van der Waals surface area contributed by atoms with Gasteiger partial charge < -0.3 is 9.88 Å². The number of aromatic nitrogens is 1. The van der Waals surface area contributed by atoms with E-state index in [9.17, 15) is 18.0 Å². The minimum Gasteiger partial charge on any atom is -0.326 e. The van der Waals surface area contributed by atoms with Crippen molar-refractivity contribution in [2.24, 2.45) is 5.10 Å². The first-order valence-corrected chi connectivity index (χ1v) is 14.9. The van der Waals surface area contributed by atoms with Gasteiger partial charge in [0, 0.05) is 41.8 Å². The first kappa shape index (κ1) is 30.4. The van der Waals surface area contributed by atoms with E-state index in [0.29, 0.717) is 5.69 Å².